The van der Waals surface area contributed by atoms with Gasteiger partial charge in [0.15, 0.2) is 16.6 Å². The van der Waals surface area contributed by atoms with Gasteiger partial charge in [0.1, 0.15) is 6.10 Å². The van der Waals surface area contributed by atoms with Gasteiger partial charge in [-0.3, -0.25) is 4.79 Å². The normalized spacial score (nSPS) is 13.9. The van der Waals surface area contributed by atoms with Gasteiger partial charge in [-0.05, 0) is 12.1 Å². The van der Waals surface area contributed by atoms with Crippen LogP contribution in [-0.4, -0.2) is 39.4 Å². The van der Waals surface area contributed by atoms with Gasteiger partial charge in [0, 0.05) is 22.7 Å². The van der Waals surface area contributed by atoms with E-state index in [2.05, 4.69) is 15.9 Å². The predicted molar refractivity (Wildman–Crippen MR) is 76.5 cm³/mol. The number of rotatable bonds is 5. The minimum Gasteiger partial charge on any atom is -0.504 e. The lowest BCUT2D eigenvalue weighted by molar-refractivity contribution is -0.109. The van der Waals surface area contributed by atoms with Crippen molar-refractivity contribution >= 4 is 32.8 Å². The van der Waals surface area contributed by atoms with Gasteiger partial charge in [0.25, 0.3) is 0 Å². The number of hydrogen-bond donors (Lipinski definition) is 3. The molecule has 0 bridgehead atoms. The van der Waals surface area contributed by atoms with Crippen LogP contribution in [0.2, 0.25) is 0 Å². The van der Waals surface area contributed by atoms with Crippen molar-refractivity contribution < 1.29 is 24.9 Å². The van der Waals surface area contributed by atoms with Crippen LogP contribution in [-0.2, 0) is 4.79 Å². The van der Waals surface area contributed by atoms with E-state index in [1.54, 1.807) is 6.07 Å². The average molecular weight is 351 g/mol. The number of thioether (sulfide) groups is 1. The molecule has 3 N–H and O–H groups in total. The number of aliphatic hydroxyl groups excluding tert-OH is 2. The summed E-state index contributed by atoms with van der Waals surface area (Å²) in [4.78, 5) is 10.8. The van der Waals surface area contributed by atoms with Crippen molar-refractivity contribution in [2.75, 3.05) is 12.9 Å². The molecule has 7 heteroatoms. The third kappa shape index (κ3) is 4.38. The van der Waals surface area contributed by atoms with Gasteiger partial charge in [-0.15, -0.1) is 0 Å². The molecule has 5 nitrogen and oxygen atoms in total. The van der Waals surface area contributed by atoms with E-state index in [0.717, 1.165) is 11.8 Å². The molecule has 0 radical (unpaired) electrons. The van der Waals surface area contributed by atoms with E-state index in [4.69, 9.17) is 4.74 Å². The zero-order chi connectivity index (χ0) is 14.6. The number of ether oxygens (including phenoxy) is 1. The third-order valence-corrected chi connectivity index (χ3v) is 3.80. The SMILES string of the molecule is COc1cc(Br)cc(C(O)C(O)CSC(C)=O)c1O. The Balaban J connectivity index is 2.95. The molecule has 1 aromatic carbocycles. The molecule has 0 aliphatic rings. The largest absolute Gasteiger partial charge is 0.504 e. The van der Waals surface area contributed by atoms with Crippen LogP contribution < -0.4 is 4.74 Å². The standard InChI is InChI=1S/C12H15BrO5S/c1-6(14)19-5-9(15)11(16)8-3-7(13)4-10(18-2)12(8)17/h3-4,9,11,15-17H,5H2,1-2H3. The Kier molecular flexibility index (Phi) is 6.12. The lowest BCUT2D eigenvalue weighted by Crippen LogP contribution is -2.21. The van der Waals surface area contributed by atoms with Crippen molar-refractivity contribution in [3.63, 3.8) is 0 Å². The molecule has 0 saturated heterocycles. The Morgan fingerprint density at radius 1 is 1.47 bits per heavy atom. The molecule has 0 fully saturated rings. The fourth-order valence-corrected chi connectivity index (χ4v) is 2.52. The first-order chi connectivity index (χ1) is 8.86. The molecule has 0 heterocycles. The first kappa shape index (κ1) is 16.3. The first-order valence-corrected chi connectivity index (χ1v) is 7.20. The number of aromatic hydroxyl groups is 1. The number of methoxy groups -OCH3 is 1. The summed E-state index contributed by atoms with van der Waals surface area (Å²) in [5.74, 6) is 0.00466. The molecule has 0 spiro atoms. The van der Waals surface area contributed by atoms with Crippen LogP contribution in [0, 0.1) is 0 Å². The third-order valence-electron chi connectivity index (χ3n) is 2.43. The minimum atomic E-state index is -1.31. The smallest absolute Gasteiger partial charge is 0.185 e. The van der Waals surface area contributed by atoms with Gasteiger partial charge in [-0.25, -0.2) is 0 Å². The van der Waals surface area contributed by atoms with E-state index in [0.29, 0.717) is 4.47 Å². The molecule has 19 heavy (non-hydrogen) atoms. The fraction of sp³-hybridized carbons (Fsp3) is 0.417. The Morgan fingerprint density at radius 3 is 2.63 bits per heavy atom. The van der Waals surface area contributed by atoms with Gasteiger partial charge in [-0.2, -0.15) is 0 Å². The van der Waals surface area contributed by atoms with Crippen LogP contribution in [0.1, 0.15) is 18.6 Å². The summed E-state index contributed by atoms with van der Waals surface area (Å²) in [7, 11) is 1.39. The highest BCUT2D eigenvalue weighted by Crippen LogP contribution is 2.38. The highest BCUT2D eigenvalue weighted by molar-refractivity contribution is 9.10. The second-order valence-corrected chi connectivity index (χ2v) is 5.97. The van der Waals surface area contributed by atoms with Gasteiger partial charge in [0.05, 0.1) is 13.2 Å². The maximum Gasteiger partial charge on any atom is 0.185 e. The van der Waals surface area contributed by atoms with Crippen molar-refractivity contribution in [3.8, 4) is 11.5 Å². The van der Waals surface area contributed by atoms with Crippen molar-refractivity contribution in [2.24, 2.45) is 0 Å². The van der Waals surface area contributed by atoms with Crippen molar-refractivity contribution in [1.29, 1.82) is 0 Å². The molecule has 106 valence electrons. The molecule has 1 rings (SSSR count). The van der Waals surface area contributed by atoms with E-state index >= 15 is 0 Å². The Bertz CT molecular complexity index is 466. The van der Waals surface area contributed by atoms with E-state index < -0.39 is 12.2 Å². The van der Waals surface area contributed by atoms with E-state index in [1.807, 2.05) is 0 Å². The number of carbonyl (C=O) groups is 1. The molecule has 0 amide bonds. The average Bonchev–Trinajstić information content (AvgIpc) is 2.37. The summed E-state index contributed by atoms with van der Waals surface area (Å²) in [5, 5.41) is 29.6. The molecule has 2 atom stereocenters. The molecule has 0 aromatic heterocycles. The van der Waals surface area contributed by atoms with Gasteiger partial charge in [-0.1, -0.05) is 27.7 Å². The van der Waals surface area contributed by atoms with Crippen molar-refractivity contribution in [1.82, 2.24) is 0 Å². The zero-order valence-electron chi connectivity index (χ0n) is 10.5. The molecular formula is C12H15BrO5S. The van der Waals surface area contributed by atoms with Crippen molar-refractivity contribution in [2.45, 2.75) is 19.1 Å². The zero-order valence-corrected chi connectivity index (χ0v) is 12.9. The maximum absolute atomic E-state index is 10.8. The highest BCUT2D eigenvalue weighted by Gasteiger charge is 2.24. The number of benzene rings is 1. The molecule has 0 aliphatic carbocycles. The fourth-order valence-electron chi connectivity index (χ4n) is 1.48. The molecule has 1 aromatic rings. The van der Waals surface area contributed by atoms with E-state index in [9.17, 15) is 20.1 Å². The summed E-state index contributed by atoms with van der Waals surface area (Å²) in [6, 6.07) is 3.03. The van der Waals surface area contributed by atoms with Crippen LogP contribution in [0.4, 0.5) is 0 Å². The summed E-state index contributed by atoms with van der Waals surface area (Å²) in [5.41, 5.74) is 0.142. The topological polar surface area (TPSA) is 87.0 Å². The lowest BCUT2D eigenvalue weighted by Gasteiger charge is -2.19. The molecular weight excluding hydrogens is 336 g/mol. The second-order valence-electron chi connectivity index (χ2n) is 3.86. The summed E-state index contributed by atoms with van der Waals surface area (Å²) in [6.45, 7) is 1.38. The van der Waals surface area contributed by atoms with Crippen LogP contribution in [0.5, 0.6) is 11.5 Å². The van der Waals surface area contributed by atoms with E-state index in [1.165, 1.54) is 20.1 Å². The lowest BCUT2D eigenvalue weighted by atomic mass is 10.0. The molecule has 0 aliphatic heterocycles. The number of halogens is 1. The summed E-state index contributed by atoms with van der Waals surface area (Å²) >= 11 is 4.13. The predicted octanol–water partition coefficient (Wildman–Crippen LogP) is 1.84. The van der Waals surface area contributed by atoms with Gasteiger partial charge < -0.3 is 20.1 Å². The van der Waals surface area contributed by atoms with E-state index in [-0.39, 0.29) is 27.9 Å². The quantitative estimate of drug-likeness (QED) is 0.750. The Morgan fingerprint density at radius 2 is 2.11 bits per heavy atom. The van der Waals surface area contributed by atoms with Crippen LogP contribution >= 0.6 is 27.7 Å². The summed E-state index contributed by atoms with van der Waals surface area (Å²) < 4.78 is 5.56. The highest BCUT2D eigenvalue weighted by atomic mass is 79.9. The Hall–Kier alpha value is -0.760. The number of carbonyl (C=O) groups excluding carboxylic acids is 1. The number of hydrogen-bond acceptors (Lipinski definition) is 6. The first-order valence-electron chi connectivity index (χ1n) is 5.42. The summed E-state index contributed by atoms with van der Waals surface area (Å²) in [6.07, 6.45) is -2.47. The molecule has 0 saturated carbocycles. The monoisotopic (exact) mass is 350 g/mol. The maximum atomic E-state index is 10.8. The van der Waals surface area contributed by atoms with Crippen LogP contribution in [0.3, 0.4) is 0 Å². The van der Waals surface area contributed by atoms with Gasteiger partial charge >= 0.3 is 0 Å². The minimum absolute atomic E-state index is 0.0464. The molecule has 2 unspecified atom stereocenters. The number of phenols is 1. The number of aliphatic hydroxyl groups is 2. The van der Waals surface area contributed by atoms with Crippen molar-refractivity contribution in [3.05, 3.63) is 22.2 Å². The van der Waals surface area contributed by atoms with Gasteiger partial charge in [0.2, 0.25) is 0 Å². The second kappa shape index (κ2) is 7.14. The van der Waals surface area contributed by atoms with Crippen LogP contribution in [0.25, 0.3) is 0 Å². The number of phenolic OH excluding ortho intramolecular Hbond substituents is 1. The Labute approximate surface area is 123 Å². The van der Waals surface area contributed by atoms with Crippen LogP contribution in [0.15, 0.2) is 16.6 Å².